The first-order chi connectivity index (χ1) is 9.16. The molecule has 1 saturated carbocycles. The highest BCUT2D eigenvalue weighted by molar-refractivity contribution is 6.30. The quantitative estimate of drug-likeness (QED) is 0.871. The molecule has 104 valence electrons. The van der Waals surface area contributed by atoms with Crippen molar-refractivity contribution in [1.82, 2.24) is 5.32 Å². The van der Waals surface area contributed by atoms with Gasteiger partial charge in [-0.05, 0) is 37.0 Å². The topological polar surface area (TPSA) is 55.1 Å². The summed E-state index contributed by atoms with van der Waals surface area (Å²) in [6.07, 6.45) is 4.92. The summed E-state index contributed by atoms with van der Waals surface area (Å²) in [6.45, 7) is 1.04. The molecule has 0 atom stereocenters. The van der Waals surface area contributed by atoms with Crippen LogP contribution in [-0.2, 0) is 11.2 Å². The maximum Gasteiger partial charge on any atom is 0.226 e. The predicted molar refractivity (Wildman–Crippen MR) is 78.1 cm³/mol. The van der Waals surface area contributed by atoms with Crippen LogP contribution in [0.2, 0.25) is 5.02 Å². The van der Waals surface area contributed by atoms with E-state index < -0.39 is 0 Å². The zero-order valence-electron chi connectivity index (χ0n) is 11.1. The summed E-state index contributed by atoms with van der Waals surface area (Å²) >= 11 is 6.02. The fraction of sp³-hybridized carbons (Fsp3) is 0.533. The van der Waals surface area contributed by atoms with Crippen molar-refractivity contribution >= 4 is 17.5 Å². The molecule has 19 heavy (non-hydrogen) atoms. The van der Waals surface area contributed by atoms with Crippen LogP contribution in [0.1, 0.15) is 31.2 Å². The van der Waals surface area contributed by atoms with Crippen molar-refractivity contribution in [2.24, 2.45) is 11.1 Å². The van der Waals surface area contributed by atoms with Gasteiger partial charge in [-0.25, -0.2) is 0 Å². The van der Waals surface area contributed by atoms with Gasteiger partial charge in [0, 0.05) is 18.1 Å². The minimum atomic E-state index is -0.264. The van der Waals surface area contributed by atoms with Crippen LogP contribution < -0.4 is 11.1 Å². The second-order valence-corrected chi connectivity index (χ2v) is 5.78. The summed E-state index contributed by atoms with van der Waals surface area (Å²) in [6, 6.07) is 7.80. The number of carbonyl (C=O) groups excluding carboxylic acids is 1. The van der Waals surface area contributed by atoms with E-state index in [9.17, 15) is 4.79 Å². The molecule has 0 aliphatic heterocycles. The van der Waals surface area contributed by atoms with E-state index in [4.69, 9.17) is 17.3 Å². The number of carbonyl (C=O) groups is 1. The molecule has 0 heterocycles. The van der Waals surface area contributed by atoms with Gasteiger partial charge in [-0.2, -0.15) is 0 Å². The van der Waals surface area contributed by atoms with Crippen molar-refractivity contribution in [2.45, 2.75) is 32.1 Å². The molecule has 2 rings (SSSR count). The summed E-state index contributed by atoms with van der Waals surface area (Å²) in [4.78, 5) is 12.4. The van der Waals surface area contributed by atoms with Crippen molar-refractivity contribution in [3.05, 3.63) is 34.9 Å². The van der Waals surface area contributed by atoms with Gasteiger partial charge in [-0.3, -0.25) is 4.79 Å². The van der Waals surface area contributed by atoms with Gasteiger partial charge in [0.1, 0.15) is 0 Å². The Bertz CT molecular complexity index is 442. The van der Waals surface area contributed by atoms with Crippen molar-refractivity contribution in [3.63, 3.8) is 0 Å². The first-order valence-corrected chi connectivity index (χ1v) is 7.27. The molecular weight excluding hydrogens is 260 g/mol. The van der Waals surface area contributed by atoms with Crippen LogP contribution in [0, 0.1) is 5.41 Å². The molecule has 1 aliphatic carbocycles. The van der Waals surface area contributed by atoms with E-state index in [0.29, 0.717) is 13.1 Å². The highest BCUT2D eigenvalue weighted by Crippen LogP contribution is 2.41. The summed E-state index contributed by atoms with van der Waals surface area (Å²) in [7, 11) is 0. The lowest BCUT2D eigenvalue weighted by molar-refractivity contribution is -0.130. The number of nitrogens with two attached hydrogens (primary N) is 1. The Morgan fingerprint density at radius 1 is 1.37 bits per heavy atom. The SMILES string of the molecule is NCCNC(=O)C1(Cc2cccc(Cl)c2)CCCC1. The molecule has 1 amide bonds. The van der Waals surface area contributed by atoms with Gasteiger partial charge in [0.15, 0.2) is 0 Å². The molecule has 1 aromatic carbocycles. The summed E-state index contributed by atoms with van der Waals surface area (Å²) < 4.78 is 0. The molecule has 0 bridgehead atoms. The fourth-order valence-corrected chi connectivity index (χ4v) is 3.16. The number of hydrogen-bond donors (Lipinski definition) is 2. The molecule has 0 saturated heterocycles. The van der Waals surface area contributed by atoms with E-state index in [0.717, 1.165) is 42.7 Å². The smallest absolute Gasteiger partial charge is 0.226 e. The monoisotopic (exact) mass is 280 g/mol. The zero-order valence-corrected chi connectivity index (χ0v) is 11.9. The van der Waals surface area contributed by atoms with Crippen LogP contribution in [0.3, 0.4) is 0 Å². The lowest BCUT2D eigenvalue weighted by atomic mass is 9.79. The van der Waals surface area contributed by atoms with Crippen LogP contribution in [0.25, 0.3) is 0 Å². The molecule has 0 spiro atoms. The van der Waals surface area contributed by atoms with Crippen molar-refractivity contribution in [2.75, 3.05) is 13.1 Å². The molecule has 3 N–H and O–H groups in total. The van der Waals surface area contributed by atoms with Crippen LogP contribution in [0.5, 0.6) is 0 Å². The van der Waals surface area contributed by atoms with E-state index >= 15 is 0 Å². The zero-order chi connectivity index (χ0) is 13.7. The second kappa shape index (κ2) is 6.40. The maximum atomic E-state index is 12.4. The third-order valence-electron chi connectivity index (χ3n) is 3.90. The fourth-order valence-electron chi connectivity index (χ4n) is 2.95. The van der Waals surface area contributed by atoms with Crippen molar-refractivity contribution in [3.8, 4) is 0 Å². The number of nitrogens with one attached hydrogen (secondary N) is 1. The summed E-state index contributed by atoms with van der Waals surface area (Å²) in [5, 5.41) is 3.68. The Morgan fingerprint density at radius 3 is 2.74 bits per heavy atom. The minimum absolute atomic E-state index is 0.149. The third kappa shape index (κ3) is 3.48. The van der Waals surface area contributed by atoms with Gasteiger partial charge < -0.3 is 11.1 Å². The van der Waals surface area contributed by atoms with Gasteiger partial charge in [0.25, 0.3) is 0 Å². The van der Waals surface area contributed by atoms with E-state index in [-0.39, 0.29) is 11.3 Å². The van der Waals surface area contributed by atoms with Gasteiger partial charge in [0.2, 0.25) is 5.91 Å². The molecular formula is C15H21ClN2O. The lowest BCUT2D eigenvalue weighted by Crippen LogP contribution is -2.42. The Labute approximate surface area is 119 Å². The molecule has 4 heteroatoms. The second-order valence-electron chi connectivity index (χ2n) is 5.34. The van der Waals surface area contributed by atoms with Crippen molar-refractivity contribution < 1.29 is 4.79 Å². The van der Waals surface area contributed by atoms with Crippen molar-refractivity contribution in [1.29, 1.82) is 0 Å². The number of amides is 1. The van der Waals surface area contributed by atoms with E-state index in [1.807, 2.05) is 24.3 Å². The number of hydrogen-bond acceptors (Lipinski definition) is 2. The molecule has 3 nitrogen and oxygen atoms in total. The van der Waals surface area contributed by atoms with E-state index in [1.165, 1.54) is 0 Å². The summed E-state index contributed by atoms with van der Waals surface area (Å²) in [5.74, 6) is 0.149. The predicted octanol–water partition coefficient (Wildman–Crippen LogP) is 2.52. The highest BCUT2D eigenvalue weighted by atomic mass is 35.5. The molecule has 0 aromatic heterocycles. The normalized spacial score (nSPS) is 17.4. The number of rotatable bonds is 5. The largest absolute Gasteiger partial charge is 0.354 e. The molecule has 0 unspecified atom stereocenters. The average molecular weight is 281 g/mol. The van der Waals surface area contributed by atoms with Crippen LogP contribution in [0.4, 0.5) is 0 Å². The Morgan fingerprint density at radius 2 is 2.11 bits per heavy atom. The molecule has 1 fully saturated rings. The molecule has 1 aliphatic rings. The van der Waals surface area contributed by atoms with E-state index in [1.54, 1.807) is 0 Å². The number of halogens is 1. The van der Waals surface area contributed by atoms with E-state index in [2.05, 4.69) is 5.32 Å². The summed E-state index contributed by atoms with van der Waals surface area (Å²) in [5.41, 5.74) is 6.33. The lowest BCUT2D eigenvalue weighted by Gasteiger charge is -2.28. The molecule has 0 radical (unpaired) electrons. The Balaban J connectivity index is 2.13. The van der Waals surface area contributed by atoms with Crippen LogP contribution in [0.15, 0.2) is 24.3 Å². The van der Waals surface area contributed by atoms with Gasteiger partial charge in [-0.1, -0.05) is 36.6 Å². The first-order valence-electron chi connectivity index (χ1n) is 6.89. The van der Waals surface area contributed by atoms with Crippen LogP contribution >= 0.6 is 11.6 Å². The van der Waals surface area contributed by atoms with Gasteiger partial charge in [-0.15, -0.1) is 0 Å². The van der Waals surface area contributed by atoms with Gasteiger partial charge >= 0.3 is 0 Å². The molecule has 1 aromatic rings. The Kier molecular flexibility index (Phi) is 4.83. The van der Waals surface area contributed by atoms with Crippen LogP contribution in [-0.4, -0.2) is 19.0 Å². The first kappa shape index (κ1) is 14.4. The van der Waals surface area contributed by atoms with Gasteiger partial charge in [0.05, 0.1) is 5.41 Å². The minimum Gasteiger partial charge on any atom is -0.354 e. The average Bonchev–Trinajstić information content (AvgIpc) is 2.85. The highest BCUT2D eigenvalue weighted by Gasteiger charge is 2.40. The standard InChI is InChI=1S/C15H21ClN2O/c16-13-5-3-4-12(10-13)11-15(6-1-2-7-15)14(19)18-9-8-17/h3-5,10H,1-2,6-9,11,17H2,(H,18,19). The third-order valence-corrected chi connectivity index (χ3v) is 4.14. The maximum absolute atomic E-state index is 12.4. The Hall–Kier alpha value is -1.06. The number of benzene rings is 1.